The summed E-state index contributed by atoms with van der Waals surface area (Å²) in [5.74, 6) is -2.65. The number of unbranched alkanes of at least 4 members (excludes halogenated alkanes) is 12. The highest BCUT2D eigenvalue weighted by atomic mass is 16.6. The molecule has 4 nitrogen and oxygen atoms in total. The van der Waals surface area contributed by atoms with Gasteiger partial charge in [0.1, 0.15) is 0 Å². The molecule has 0 saturated heterocycles. The molecule has 0 bridgehead atoms. The Morgan fingerprint density at radius 1 is 0.714 bits per heavy atom. The van der Waals surface area contributed by atoms with Crippen LogP contribution in [0.1, 0.15) is 90.4 Å². The van der Waals surface area contributed by atoms with Gasteiger partial charge in [-0.25, -0.2) is 9.59 Å². The summed E-state index contributed by atoms with van der Waals surface area (Å²) in [6.45, 7) is 2.47. The molecule has 0 amide bonds. The Bertz CT molecular complexity index is 264. The van der Waals surface area contributed by atoms with E-state index in [9.17, 15) is 9.59 Å². The van der Waals surface area contributed by atoms with Crippen molar-refractivity contribution in [3.05, 3.63) is 0 Å². The molecule has 0 atom stereocenters. The Morgan fingerprint density at radius 3 is 1.48 bits per heavy atom. The molecular weight excluding hydrogens is 268 g/mol. The summed E-state index contributed by atoms with van der Waals surface area (Å²) < 4.78 is 4.56. The Labute approximate surface area is 129 Å². The van der Waals surface area contributed by atoms with Crippen LogP contribution >= 0.6 is 0 Å². The van der Waals surface area contributed by atoms with Crippen molar-refractivity contribution in [3.8, 4) is 0 Å². The lowest BCUT2D eigenvalue weighted by atomic mass is 10.0. The van der Waals surface area contributed by atoms with E-state index in [4.69, 9.17) is 5.11 Å². The van der Waals surface area contributed by atoms with Crippen LogP contribution in [0.4, 0.5) is 0 Å². The Kier molecular flexibility index (Phi) is 14.6. The predicted molar refractivity (Wildman–Crippen MR) is 84.3 cm³/mol. The van der Waals surface area contributed by atoms with E-state index in [2.05, 4.69) is 11.7 Å². The fraction of sp³-hybridized carbons (Fsp3) is 0.882. The minimum absolute atomic E-state index is 0.225. The highest BCUT2D eigenvalue weighted by molar-refractivity contribution is 6.28. The van der Waals surface area contributed by atoms with Crippen molar-refractivity contribution < 1.29 is 19.4 Å². The third kappa shape index (κ3) is 15.2. The summed E-state index contributed by atoms with van der Waals surface area (Å²) in [5, 5.41) is 8.31. The highest BCUT2D eigenvalue weighted by Crippen LogP contribution is 2.12. The SMILES string of the molecule is CCCCCCCCCCCCCCCOC(=O)C(=O)O. The van der Waals surface area contributed by atoms with Crippen LogP contribution in [0.2, 0.25) is 0 Å². The monoisotopic (exact) mass is 300 g/mol. The molecule has 0 aliphatic rings. The number of carbonyl (C=O) groups is 2. The van der Waals surface area contributed by atoms with Crippen LogP contribution in [0.3, 0.4) is 0 Å². The zero-order chi connectivity index (χ0) is 15.8. The van der Waals surface area contributed by atoms with E-state index in [1.54, 1.807) is 0 Å². The molecule has 4 heteroatoms. The molecule has 0 aliphatic carbocycles. The number of hydrogen-bond acceptors (Lipinski definition) is 3. The van der Waals surface area contributed by atoms with Gasteiger partial charge in [-0.1, -0.05) is 84.0 Å². The van der Waals surface area contributed by atoms with Crippen molar-refractivity contribution >= 4 is 11.9 Å². The van der Waals surface area contributed by atoms with Gasteiger partial charge in [0.25, 0.3) is 0 Å². The normalized spacial score (nSPS) is 10.5. The number of hydrogen-bond donors (Lipinski definition) is 1. The second-order valence-corrected chi connectivity index (χ2v) is 5.68. The third-order valence-corrected chi connectivity index (χ3v) is 3.66. The first-order valence-corrected chi connectivity index (χ1v) is 8.58. The fourth-order valence-corrected chi connectivity index (χ4v) is 2.35. The molecule has 0 aliphatic heterocycles. The number of esters is 1. The molecule has 0 spiro atoms. The lowest BCUT2D eigenvalue weighted by Gasteiger charge is -2.03. The van der Waals surface area contributed by atoms with E-state index in [-0.39, 0.29) is 6.61 Å². The summed E-state index contributed by atoms with van der Waals surface area (Å²) in [7, 11) is 0. The van der Waals surface area contributed by atoms with Crippen LogP contribution in [0.25, 0.3) is 0 Å². The fourth-order valence-electron chi connectivity index (χ4n) is 2.35. The van der Waals surface area contributed by atoms with Gasteiger partial charge in [-0.2, -0.15) is 0 Å². The van der Waals surface area contributed by atoms with Crippen molar-refractivity contribution in [1.82, 2.24) is 0 Å². The first-order valence-electron chi connectivity index (χ1n) is 8.58. The molecule has 21 heavy (non-hydrogen) atoms. The van der Waals surface area contributed by atoms with Gasteiger partial charge in [0, 0.05) is 0 Å². The standard InChI is InChI=1S/C17H32O4/c1-2-3-4-5-6-7-8-9-10-11-12-13-14-15-21-17(20)16(18)19/h2-15H2,1H3,(H,18,19). The van der Waals surface area contributed by atoms with E-state index < -0.39 is 11.9 Å². The van der Waals surface area contributed by atoms with Crippen LogP contribution < -0.4 is 0 Å². The summed E-state index contributed by atoms with van der Waals surface area (Å²) in [4.78, 5) is 20.8. The topological polar surface area (TPSA) is 63.6 Å². The highest BCUT2D eigenvalue weighted by Gasteiger charge is 2.11. The number of carbonyl (C=O) groups excluding carboxylic acids is 1. The van der Waals surface area contributed by atoms with Crippen molar-refractivity contribution in [2.75, 3.05) is 6.61 Å². The van der Waals surface area contributed by atoms with E-state index in [0.717, 1.165) is 19.3 Å². The first-order chi connectivity index (χ1) is 10.2. The van der Waals surface area contributed by atoms with Gasteiger partial charge in [-0.3, -0.25) is 0 Å². The lowest BCUT2D eigenvalue weighted by molar-refractivity contribution is -0.163. The molecule has 0 aromatic rings. The molecule has 0 rings (SSSR count). The molecule has 0 aromatic heterocycles. The van der Waals surface area contributed by atoms with Gasteiger partial charge in [-0.05, 0) is 6.42 Å². The van der Waals surface area contributed by atoms with Gasteiger partial charge in [-0.15, -0.1) is 0 Å². The lowest BCUT2D eigenvalue weighted by Crippen LogP contribution is -2.16. The van der Waals surface area contributed by atoms with Crippen LogP contribution in [-0.2, 0) is 14.3 Å². The Morgan fingerprint density at radius 2 is 1.10 bits per heavy atom. The van der Waals surface area contributed by atoms with Crippen molar-refractivity contribution in [2.24, 2.45) is 0 Å². The zero-order valence-electron chi connectivity index (χ0n) is 13.6. The summed E-state index contributed by atoms with van der Waals surface area (Å²) in [6, 6.07) is 0. The van der Waals surface area contributed by atoms with E-state index in [1.807, 2.05) is 0 Å². The van der Waals surface area contributed by atoms with E-state index >= 15 is 0 Å². The second-order valence-electron chi connectivity index (χ2n) is 5.68. The maximum Gasteiger partial charge on any atom is 0.417 e. The van der Waals surface area contributed by atoms with Gasteiger partial charge < -0.3 is 9.84 Å². The van der Waals surface area contributed by atoms with Crippen LogP contribution in [0.5, 0.6) is 0 Å². The molecule has 0 radical (unpaired) electrons. The average molecular weight is 300 g/mol. The van der Waals surface area contributed by atoms with Gasteiger partial charge in [0.15, 0.2) is 0 Å². The zero-order valence-corrected chi connectivity index (χ0v) is 13.6. The van der Waals surface area contributed by atoms with E-state index in [0.29, 0.717) is 0 Å². The molecule has 124 valence electrons. The van der Waals surface area contributed by atoms with Gasteiger partial charge >= 0.3 is 11.9 Å². The van der Waals surface area contributed by atoms with Gasteiger partial charge in [0.2, 0.25) is 0 Å². The van der Waals surface area contributed by atoms with Crippen molar-refractivity contribution in [1.29, 1.82) is 0 Å². The molecule has 1 N–H and O–H groups in total. The maximum absolute atomic E-state index is 10.6. The smallest absolute Gasteiger partial charge is 0.417 e. The molecule has 0 aromatic carbocycles. The number of ether oxygens (including phenoxy) is 1. The maximum atomic E-state index is 10.6. The Balaban J connectivity index is 3.06. The predicted octanol–water partition coefficient (Wildman–Crippen LogP) is 4.71. The Hall–Kier alpha value is -1.06. The quantitative estimate of drug-likeness (QED) is 0.287. The average Bonchev–Trinajstić information content (AvgIpc) is 2.47. The second kappa shape index (κ2) is 15.3. The van der Waals surface area contributed by atoms with Crippen molar-refractivity contribution in [3.63, 3.8) is 0 Å². The van der Waals surface area contributed by atoms with Gasteiger partial charge in [0.05, 0.1) is 6.61 Å². The summed E-state index contributed by atoms with van der Waals surface area (Å²) >= 11 is 0. The molecule has 0 fully saturated rings. The molecule has 0 unspecified atom stereocenters. The molecular formula is C17H32O4. The van der Waals surface area contributed by atoms with Crippen LogP contribution in [0.15, 0.2) is 0 Å². The summed E-state index contributed by atoms with van der Waals surface area (Å²) in [5.41, 5.74) is 0. The molecule has 0 heterocycles. The largest absolute Gasteiger partial charge is 0.473 e. The number of aliphatic carboxylic acids is 1. The minimum atomic E-state index is -1.51. The van der Waals surface area contributed by atoms with E-state index in [1.165, 1.54) is 64.2 Å². The molecule has 0 saturated carbocycles. The van der Waals surface area contributed by atoms with Crippen molar-refractivity contribution in [2.45, 2.75) is 90.4 Å². The minimum Gasteiger partial charge on any atom is -0.473 e. The first kappa shape index (κ1) is 19.9. The van der Waals surface area contributed by atoms with Crippen LogP contribution in [-0.4, -0.2) is 23.7 Å². The third-order valence-electron chi connectivity index (χ3n) is 3.66. The number of carboxylic acids is 1. The number of rotatable bonds is 14. The number of carboxylic acid groups (broad SMARTS) is 1. The summed E-state index contributed by atoms with van der Waals surface area (Å²) in [6.07, 6.45) is 16.3. The van der Waals surface area contributed by atoms with Crippen LogP contribution in [0, 0.1) is 0 Å².